The van der Waals surface area contributed by atoms with E-state index >= 15 is 0 Å². The van der Waals surface area contributed by atoms with E-state index in [0.717, 1.165) is 32.5 Å². The maximum atomic E-state index is 10.7. The Labute approximate surface area is 85.4 Å². The Balaban J connectivity index is 2.32. The SMILES string of the molecule is C/C=C(\C)CN1CCC(C(=O)O)CC1. The minimum atomic E-state index is -0.632. The van der Waals surface area contributed by atoms with E-state index < -0.39 is 5.97 Å². The van der Waals surface area contributed by atoms with Gasteiger partial charge >= 0.3 is 5.97 Å². The fraction of sp³-hybridized carbons (Fsp3) is 0.727. The Morgan fingerprint density at radius 2 is 2.07 bits per heavy atom. The number of hydrogen-bond acceptors (Lipinski definition) is 2. The molecule has 0 aromatic rings. The molecule has 1 aliphatic heterocycles. The number of aliphatic carboxylic acids is 1. The van der Waals surface area contributed by atoms with Gasteiger partial charge in [-0.05, 0) is 39.8 Å². The van der Waals surface area contributed by atoms with E-state index in [1.807, 2.05) is 6.92 Å². The Bertz CT molecular complexity index is 227. The molecule has 1 fully saturated rings. The molecule has 1 aliphatic rings. The van der Waals surface area contributed by atoms with Gasteiger partial charge in [0, 0.05) is 6.54 Å². The fourth-order valence-corrected chi connectivity index (χ4v) is 1.78. The molecule has 0 saturated carbocycles. The molecule has 3 heteroatoms. The topological polar surface area (TPSA) is 40.5 Å². The van der Waals surface area contributed by atoms with Gasteiger partial charge in [0.15, 0.2) is 0 Å². The van der Waals surface area contributed by atoms with Crippen LogP contribution in [-0.2, 0) is 4.79 Å². The number of carbonyl (C=O) groups is 1. The molecular formula is C11H19NO2. The average Bonchev–Trinajstić information content (AvgIpc) is 2.18. The van der Waals surface area contributed by atoms with E-state index in [4.69, 9.17) is 5.11 Å². The summed E-state index contributed by atoms with van der Waals surface area (Å²) in [5, 5.41) is 8.82. The number of piperidine rings is 1. The van der Waals surface area contributed by atoms with Crippen LogP contribution < -0.4 is 0 Å². The molecule has 0 unspecified atom stereocenters. The molecule has 1 heterocycles. The smallest absolute Gasteiger partial charge is 0.306 e. The second kappa shape index (κ2) is 5.15. The first-order chi connectivity index (χ1) is 6.63. The van der Waals surface area contributed by atoms with Crippen molar-refractivity contribution >= 4 is 5.97 Å². The van der Waals surface area contributed by atoms with Crippen LogP contribution in [-0.4, -0.2) is 35.6 Å². The maximum absolute atomic E-state index is 10.7. The molecule has 1 saturated heterocycles. The average molecular weight is 197 g/mol. The van der Waals surface area contributed by atoms with E-state index in [0.29, 0.717) is 0 Å². The minimum Gasteiger partial charge on any atom is -0.481 e. The lowest BCUT2D eigenvalue weighted by atomic mass is 9.97. The number of carboxylic acids is 1. The lowest BCUT2D eigenvalue weighted by Crippen LogP contribution is -2.37. The lowest BCUT2D eigenvalue weighted by Gasteiger charge is -2.30. The highest BCUT2D eigenvalue weighted by Gasteiger charge is 2.23. The molecule has 0 aromatic carbocycles. The van der Waals surface area contributed by atoms with E-state index in [1.165, 1.54) is 5.57 Å². The quantitative estimate of drug-likeness (QED) is 0.701. The fourth-order valence-electron chi connectivity index (χ4n) is 1.78. The number of hydrogen-bond donors (Lipinski definition) is 1. The first kappa shape index (κ1) is 11.2. The monoisotopic (exact) mass is 197 g/mol. The van der Waals surface area contributed by atoms with Crippen molar-refractivity contribution in [1.29, 1.82) is 0 Å². The highest BCUT2D eigenvalue weighted by atomic mass is 16.4. The van der Waals surface area contributed by atoms with Gasteiger partial charge in [-0.1, -0.05) is 11.6 Å². The molecule has 80 valence electrons. The van der Waals surface area contributed by atoms with Crippen LogP contribution in [0.2, 0.25) is 0 Å². The highest BCUT2D eigenvalue weighted by molar-refractivity contribution is 5.70. The Hall–Kier alpha value is -0.830. The maximum Gasteiger partial charge on any atom is 0.306 e. The molecule has 3 nitrogen and oxygen atoms in total. The molecule has 0 radical (unpaired) electrons. The summed E-state index contributed by atoms with van der Waals surface area (Å²) in [6.07, 6.45) is 3.71. The van der Waals surface area contributed by atoms with E-state index in [-0.39, 0.29) is 5.92 Å². The molecule has 1 N–H and O–H groups in total. The summed E-state index contributed by atoms with van der Waals surface area (Å²) in [6.45, 7) is 6.98. The van der Waals surface area contributed by atoms with Gasteiger partial charge in [0.2, 0.25) is 0 Å². The standard InChI is InChI=1S/C11H19NO2/c1-3-9(2)8-12-6-4-10(5-7-12)11(13)14/h3,10H,4-8H2,1-2H3,(H,13,14)/b9-3+. The van der Waals surface area contributed by atoms with Crippen molar-refractivity contribution in [1.82, 2.24) is 4.90 Å². The van der Waals surface area contributed by atoms with Gasteiger partial charge in [0.1, 0.15) is 0 Å². The van der Waals surface area contributed by atoms with Crippen molar-refractivity contribution in [2.75, 3.05) is 19.6 Å². The Morgan fingerprint density at radius 3 is 2.50 bits per heavy atom. The molecule has 14 heavy (non-hydrogen) atoms. The Morgan fingerprint density at radius 1 is 1.50 bits per heavy atom. The minimum absolute atomic E-state index is 0.114. The van der Waals surface area contributed by atoms with Gasteiger partial charge in [0.25, 0.3) is 0 Å². The predicted molar refractivity (Wildman–Crippen MR) is 56.2 cm³/mol. The summed E-state index contributed by atoms with van der Waals surface area (Å²) in [7, 11) is 0. The van der Waals surface area contributed by atoms with Crippen molar-refractivity contribution in [3.8, 4) is 0 Å². The van der Waals surface area contributed by atoms with Crippen LogP contribution in [0.15, 0.2) is 11.6 Å². The second-order valence-electron chi connectivity index (χ2n) is 4.02. The molecule has 1 rings (SSSR count). The number of nitrogens with zero attached hydrogens (tertiary/aromatic N) is 1. The second-order valence-corrected chi connectivity index (χ2v) is 4.02. The number of likely N-dealkylation sites (tertiary alicyclic amines) is 1. The summed E-state index contributed by atoms with van der Waals surface area (Å²) in [4.78, 5) is 13.0. The van der Waals surface area contributed by atoms with Crippen molar-refractivity contribution < 1.29 is 9.90 Å². The molecular weight excluding hydrogens is 178 g/mol. The van der Waals surface area contributed by atoms with Crippen LogP contribution in [0.1, 0.15) is 26.7 Å². The van der Waals surface area contributed by atoms with Gasteiger partial charge < -0.3 is 5.11 Å². The third kappa shape index (κ3) is 3.14. The predicted octanol–water partition coefficient (Wildman–Crippen LogP) is 1.75. The van der Waals surface area contributed by atoms with Crippen molar-refractivity contribution in [3.63, 3.8) is 0 Å². The summed E-state index contributed by atoms with van der Waals surface area (Å²) in [5.74, 6) is -0.746. The zero-order valence-corrected chi connectivity index (χ0v) is 8.99. The van der Waals surface area contributed by atoms with Crippen LogP contribution in [0.3, 0.4) is 0 Å². The molecule has 0 aromatic heterocycles. The van der Waals surface area contributed by atoms with Crippen LogP contribution >= 0.6 is 0 Å². The third-order valence-corrected chi connectivity index (χ3v) is 2.90. The summed E-state index contributed by atoms with van der Waals surface area (Å²) in [5.41, 5.74) is 1.36. The number of rotatable bonds is 3. The first-order valence-corrected chi connectivity index (χ1v) is 5.20. The van der Waals surface area contributed by atoms with Gasteiger partial charge in [0.05, 0.1) is 5.92 Å². The molecule has 0 amide bonds. The van der Waals surface area contributed by atoms with Crippen LogP contribution in [0.25, 0.3) is 0 Å². The normalized spacial score (nSPS) is 21.1. The molecule has 0 atom stereocenters. The zero-order valence-electron chi connectivity index (χ0n) is 8.99. The number of allylic oxidation sites excluding steroid dienone is 1. The molecule has 0 aliphatic carbocycles. The van der Waals surface area contributed by atoms with Gasteiger partial charge in [-0.25, -0.2) is 0 Å². The van der Waals surface area contributed by atoms with Gasteiger partial charge in [-0.2, -0.15) is 0 Å². The zero-order chi connectivity index (χ0) is 10.6. The van der Waals surface area contributed by atoms with Crippen molar-refractivity contribution in [2.24, 2.45) is 5.92 Å². The summed E-state index contributed by atoms with van der Waals surface area (Å²) < 4.78 is 0. The van der Waals surface area contributed by atoms with Gasteiger partial charge in [-0.15, -0.1) is 0 Å². The lowest BCUT2D eigenvalue weighted by molar-refractivity contribution is -0.143. The van der Waals surface area contributed by atoms with E-state index in [9.17, 15) is 4.79 Å². The first-order valence-electron chi connectivity index (χ1n) is 5.20. The largest absolute Gasteiger partial charge is 0.481 e. The van der Waals surface area contributed by atoms with Crippen molar-refractivity contribution in [2.45, 2.75) is 26.7 Å². The van der Waals surface area contributed by atoms with E-state index in [2.05, 4.69) is 17.9 Å². The van der Waals surface area contributed by atoms with Crippen LogP contribution in [0, 0.1) is 5.92 Å². The van der Waals surface area contributed by atoms with Gasteiger partial charge in [-0.3, -0.25) is 9.69 Å². The van der Waals surface area contributed by atoms with E-state index in [1.54, 1.807) is 0 Å². The summed E-state index contributed by atoms with van der Waals surface area (Å²) >= 11 is 0. The number of carboxylic acid groups (broad SMARTS) is 1. The third-order valence-electron chi connectivity index (χ3n) is 2.90. The van der Waals surface area contributed by atoms with Crippen LogP contribution in [0.5, 0.6) is 0 Å². The highest BCUT2D eigenvalue weighted by Crippen LogP contribution is 2.17. The Kier molecular flexibility index (Phi) is 4.14. The van der Waals surface area contributed by atoms with Crippen molar-refractivity contribution in [3.05, 3.63) is 11.6 Å². The van der Waals surface area contributed by atoms with Crippen LogP contribution in [0.4, 0.5) is 0 Å². The summed E-state index contributed by atoms with van der Waals surface area (Å²) in [6, 6.07) is 0. The molecule has 0 bridgehead atoms. The molecule has 0 spiro atoms.